The van der Waals surface area contributed by atoms with Gasteiger partial charge in [-0.3, -0.25) is 0 Å². The van der Waals surface area contributed by atoms with Crippen molar-refractivity contribution in [2.75, 3.05) is 13.6 Å². The Hall–Kier alpha value is -0.900. The summed E-state index contributed by atoms with van der Waals surface area (Å²) in [5, 5.41) is 4.92. The van der Waals surface area contributed by atoms with Crippen LogP contribution in [0.25, 0.3) is 10.6 Å². The molecule has 0 radical (unpaired) electrons. The molecule has 1 aromatic carbocycles. The van der Waals surface area contributed by atoms with Crippen LogP contribution in [0, 0.1) is 6.92 Å². The highest BCUT2D eigenvalue weighted by atomic mass is 35.5. The monoisotopic (exact) mass is 266 g/mol. The number of likely N-dealkylation sites (N-methyl/N-ethyl adjacent to an activating group) is 1. The van der Waals surface area contributed by atoms with Crippen LogP contribution in [-0.4, -0.2) is 18.6 Å². The summed E-state index contributed by atoms with van der Waals surface area (Å²) in [4.78, 5) is 5.95. The lowest BCUT2D eigenvalue weighted by Crippen LogP contribution is -2.10. The maximum Gasteiger partial charge on any atom is 0.125 e. The highest BCUT2D eigenvalue weighted by molar-refractivity contribution is 7.15. The average molecular weight is 267 g/mol. The number of hydrogen-bond acceptors (Lipinski definition) is 3. The maximum absolute atomic E-state index is 6.18. The SMILES string of the molecule is CNCCc1nc(-c2ccccc2Cl)sc1C. The molecule has 2 nitrogen and oxygen atoms in total. The number of nitrogens with zero attached hydrogens (tertiary/aromatic N) is 1. The molecule has 0 aliphatic heterocycles. The van der Waals surface area contributed by atoms with Gasteiger partial charge in [-0.25, -0.2) is 4.98 Å². The van der Waals surface area contributed by atoms with Crippen LogP contribution in [0.15, 0.2) is 24.3 Å². The third-order valence-corrected chi connectivity index (χ3v) is 3.98. The van der Waals surface area contributed by atoms with Crippen molar-refractivity contribution in [2.45, 2.75) is 13.3 Å². The summed E-state index contributed by atoms with van der Waals surface area (Å²) >= 11 is 7.89. The summed E-state index contributed by atoms with van der Waals surface area (Å²) in [6.07, 6.45) is 0.962. The van der Waals surface area contributed by atoms with E-state index in [2.05, 4.69) is 17.2 Å². The van der Waals surface area contributed by atoms with E-state index in [4.69, 9.17) is 11.6 Å². The zero-order chi connectivity index (χ0) is 12.3. The fourth-order valence-corrected chi connectivity index (χ4v) is 2.93. The fourth-order valence-electron chi connectivity index (χ4n) is 1.65. The molecule has 1 aromatic heterocycles. The van der Waals surface area contributed by atoms with Crippen LogP contribution in [0.3, 0.4) is 0 Å². The molecular formula is C13H15ClN2S. The van der Waals surface area contributed by atoms with E-state index in [9.17, 15) is 0 Å². The molecule has 0 saturated carbocycles. The predicted molar refractivity (Wildman–Crippen MR) is 74.9 cm³/mol. The van der Waals surface area contributed by atoms with Crippen LogP contribution >= 0.6 is 22.9 Å². The molecule has 0 amide bonds. The molecule has 0 unspecified atom stereocenters. The molecule has 0 aliphatic rings. The Balaban J connectivity index is 2.31. The Morgan fingerprint density at radius 3 is 2.82 bits per heavy atom. The topological polar surface area (TPSA) is 24.9 Å². The molecular weight excluding hydrogens is 252 g/mol. The molecule has 0 saturated heterocycles. The number of benzene rings is 1. The van der Waals surface area contributed by atoms with Crippen molar-refractivity contribution < 1.29 is 0 Å². The normalized spacial score (nSPS) is 10.8. The summed E-state index contributed by atoms with van der Waals surface area (Å²) in [5.41, 5.74) is 2.19. The van der Waals surface area contributed by atoms with Crippen LogP contribution in [0.5, 0.6) is 0 Å². The van der Waals surface area contributed by atoms with Gasteiger partial charge in [0.05, 0.1) is 10.7 Å². The van der Waals surface area contributed by atoms with Gasteiger partial charge in [-0.1, -0.05) is 29.8 Å². The highest BCUT2D eigenvalue weighted by Gasteiger charge is 2.11. The van der Waals surface area contributed by atoms with Crippen molar-refractivity contribution in [3.8, 4) is 10.6 Å². The minimum Gasteiger partial charge on any atom is -0.319 e. The Kier molecular flexibility index (Phi) is 4.15. The minimum absolute atomic E-state index is 0.765. The van der Waals surface area contributed by atoms with Crippen molar-refractivity contribution in [1.82, 2.24) is 10.3 Å². The number of aryl methyl sites for hydroxylation is 1. The maximum atomic E-state index is 6.18. The van der Waals surface area contributed by atoms with Crippen LogP contribution < -0.4 is 5.32 Å². The number of halogens is 1. The van der Waals surface area contributed by atoms with Gasteiger partial charge in [-0.05, 0) is 20.0 Å². The van der Waals surface area contributed by atoms with Gasteiger partial charge >= 0.3 is 0 Å². The molecule has 0 bridgehead atoms. The lowest BCUT2D eigenvalue weighted by molar-refractivity contribution is 0.777. The Labute approximate surface area is 111 Å². The molecule has 1 N–H and O–H groups in total. The first-order valence-corrected chi connectivity index (χ1v) is 6.77. The van der Waals surface area contributed by atoms with Crippen molar-refractivity contribution in [1.29, 1.82) is 0 Å². The second-order valence-electron chi connectivity index (χ2n) is 3.86. The number of hydrogen-bond donors (Lipinski definition) is 1. The van der Waals surface area contributed by atoms with E-state index in [0.29, 0.717) is 0 Å². The number of aromatic nitrogens is 1. The first-order valence-electron chi connectivity index (χ1n) is 5.58. The largest absolute Gasteiger partial charge is 0.319 e. The van der Waals surface area contributed by atoms with Gasteiger partial charge in [0.25, 0.3) is 0 Å². The number of nitrogens with one attached hydrogen (secondary N) is 1. The van der Waals surface area contributed by atoms with Crippen LogP contribution in [-0.2, 0) is 6.42 Å². The average Bonchev–Trinajstić information content (AvgIpc) is 2.68. The summed E-state index contributed by atoms with van der Waals surface area (Å²) < 4.78 is 0. The van der Waals surface area contributed by atoms with E-state index < -0.39 is 0 Å². The van der Waals surface area contributed by atoms with E-state index in [1.807, 2.05) is 31.3 Å². The van der Waals surface area contributed by atoms with Gasteiger partial charge in [-0.2, -0.15) is 0 Å². The molecule has 0 spiro atoms. The molecule has 0 atom stereocenters. The lowest BCUT2D eigenvalue weighted by Gasteiger charge is -1.98. The van der Waals surface area contributed by atoms with Gasteiger partial charge in [0.1, 0.15) is 5.01 Å². The summed E-state index contributed by atoms with van der Waals surface area (Å²) in [6, 6.07) is 7.85. The predicted octanol–water partition coefficient (Wildman–Crippen LogP) is 3.53. The van der Waals surface area contributed by atoms with Gasteiger partial charge in [-0.15, -0.1) is 11.3 Å². The molecule has 0 aliphatic carbocycles. The molecule has 17 heavy (non-hydrogen) atoms. The molecule has 1 heterocycles. The number of thiazole rings is 1. The second kappa shape index (κ2) is 5.63. The molecule has 2 rings (SSSR count). The van der Waals surface area contributed by atoms with E-state index in [0.717, 1.165) is 28.6 Å². The van der Waals surface area contributed by atoms with Gasteiger partial charge in [0.15, 0.2) is 0 Å². The van der Waals surface area contributed by atoms with Crippen molar-refractivity contribution in [3.05, 3.63) is 39.9 Å². The van der Waals surface area contributed by atoms with Crippen LogP contribution in [0.1, 0.15) is 10.6 Å². The van der Waals surface area contributed by atoms with E-state index in [-0.39, 0.29) is 0 Å². The molecule has 90 valence electrons. The summed E-state index contributed by atoms with van der Waals surface area (Å²) in [6.45, 7) is 3.07. The Morgan fingerprint density at radius 1 is 1.35 bits per heavy atom. The van der Waals surface area contributed by atoms with E-state index in [1.165, 1.54) is 10.6 Å². The quantitative estimate of drug-likeness (QED) is 0.916. The zero-order valence-corrected chi connectivity index (χ0v) is 11.5. The van der Waals surface area contributed by atoms with Gasteiger partial charge in [0, 0.05) is 23.4 Å². The first-order chi connectivity index (χ1) is 8.22. The standard InChI is InChI=1S/C13H15ClN2S/c1-9-12(7-8-15-2)16-13(17-9)10-5-3-4-6-11(10)14/h3-6,15H,7-8H2,1-2H3. The zero-order valence-electron chi connectivity index (χ0n) is 9.96. The number of rotatable bonds is 4. The summed E-state index contributed by atoms with van der Waals surface area (Å²) in [5.74, 6) is 0. The van der Waals surface area contributed by atoms with Crippen molar-refractivity contribution in [2.24, 2.45) is 0 Å². The van der Waals surface area contributed by atoms with Crippen LogP contribution in [0.2, 0.25) is 5.02 Å². The van der Waals surface area contributed by atoms with E-state index >= 15 is 0 Å². The smallest absolute Gasteiger partial charge is 0.125 e. The fraction of sp³-hybridized carbons (Fsp3) is 0.308. The molecule has 0 fully saturated rings. The molecule has 2 aromatic rings. The minimum atomic E-state index is 0.765. The van der Waals surface area contributed by atoms with Crippen molar-refractivity contribution in [3.63, 3.8) is 0 Å². The first kappa shape index (κ1) is 12.6. The van der Waals surface area contributed by atoms with Crippen molar-refractivity contribution >= 4 is 22.9 Å². The van der Waals surface area contributed by atoms with Gasteiger partial charge in [0.2, 0.25) is 0 Å². The second-order valence-corrected chi connectivity index (χ2v) is 5.47. The highest BCUT2D eigenvalue weighted by Crippen LogP contribution is 2.32. The van der Waals surface area contributed by atoms with E-state index in [1.54, 1.807) is 11.3 Å². The Morgan fingerprint density at radius 2 is 2.12 bits per heavy atom. The Bertz CT molecular complexity index is 508. The van der Waals surface area contributed by atoms with Crippen LogP contribution in [0.4, 0.5) is 0 Å². The third kappa shape index (κ3) is 2.86. The lowest BCUT2D eigenvalue weighted by atomic mass is 10.2. The molecule has 4 heteroatoms. The third-order valence-electron chi connectivity index (χ3n) is 2.61. The van der Waals surface area contributed by atoms with Gasteiger partial charge < -0.3 is 5.32 Å². The summed E-state index contributed by atoms with van der Waals surface area (Å²) in [7, 11) is 1.96.